The van der Waals surface area contributed by atoms with E-state index < -0.39 is 0 Å². The van der Waals surface area contributed by atoms with Crippen molar-refractivity contribution in [3.63, 3.8) is 0 Å². The van der Waals surface area contributed by atoms with Crippen LogP contribution in [0.2, 0.25) is 0 Å². The first-order valence-electron chi connectivity index (χ1n) is 8.52. The molecule has 0 radical (unpaired) electrons. The summed E-state index contributed by atoms with van der Waals surface area (Å²) in [5, 5.41) is 3.72. The third-order valence-corrected chi connectivity index (χ3v) is 6.28. The highest BCUT2D eigenvalue weighted by Gasteiger charge is 2.33. The largest absolute Gasteiger partial charge is 0.316 e. The summed E-state index contributed by atoms with van der Waals surface area (Å²) < 4.78 is 0. The molecular weight excluding hydrogens is 274 g/mol. The molecule has 1 aromatic carbocycles. The van der Waals surface area contributed by atoms with Crippen LogP contribution in [-0.4, -0.2) is 18.8 Å². The second-order valence-electron chi connectivity index (χ2n) is 6.98. The standard InChI is InChI=1S/C19H31NS/c1-5-19(6-2,14-20-12-15(3)4)11-16-13-21-18-10-8-7-9-17(16)18/h7-10,15-16,20H,5-6,11-14H2,1-4H3. The molecule has 0 aromatic heterocycles. The van der Waals surface area contributed by atoms with E-state index in [1.807, 2.05) is 11.8 Å². The maximum Gasteiger partial charge on any atom is 0.0107 e. The van der Waals surface area contributed by atoms with Crippen LogP contribution in [0.4, 0.5) is 0 Å². The lowest BCUT2D eigenvalue weighted by molar-refractivity contribution is 0.212. The number of benzene rings is 1. The van der Waals surface area contributed by atoms with E-state index in [1.54, 1.807) is 5.56 Å². The number of rotatable bonds is 8. The third kappa shape index (κ3) is 4.26. The highest BCUT2D eigenvalue weighted by molar-refractivity contribution is 7.99. The first-order chi connectivity index (χ1) is 10.1. The molecule has 1 aliphatic rings. The Morgan fingerprint density at radius 1 is 1.24 bits per heavy atom. The van der Waals surface area contributed by atoms with Gasteiger partial charge in [0.05, 0.1) is 0 Å². The van der Waals surface area contributed by atoms with Gasteiger partial charge in [0.25, 0.3) is 0 Å². The number of hydrogen-bond donors (Lipinski definition) is 1. The summed E-state index contributed by atoms with van der Waals surface area (Å²) in [6.45, 7) is 11.6. The second-order valence-corrected chi connectivity index (χ2v) is 8.04. The predicted molar refractivity (Wildman–Crippen MR) is 95.2 cm³/mol. The topological polar surface area (TPSA) is 12.0 Å². The predicted octanol–water partition coefficient (Wildman–Crippen LogP) is 5.32. The Bertz CT molecular complexity index is 437. The first kappa shape index (κ1) is 16.9. The van der Waals surface area contributed by atoms with E-state index in [0.717, 1.165) is 18.4 Å². The molecule has 1 atom stereocenters. The van der Waals surface area contributed by atoms with E-state index in [1.165, 1.54) is 36.5 Å². The summed E-state index contributed by atoms with van der Waals surface area (Å²) in [5.74, 6) is 2.75. The smallest absolute Gasteiger partial charge is 0.0107 e. The summed E-state index contributed by atoms with van der Waals surface area (Å²) in [5.41, 5.74) is 2.05. The molecule has 118 valence electrons. The summed E-state index contributed by atoms with van der Waals surface area (Å²) in [7, 11) is 0. The van der Waals surface area contributed by atoms with Gasteiger partial charge in [0.2, 0.25) is 0 Å². The minimum atomic E-state index is 0.456. The average Bonchev–Trinajstić information content (AvgIpc) is 2.89. The van der Waals surface area contributed by atoms with Gasteiger partial charge in [-0.1, -0.05) is 45.9 Å². The normalized spacial score (nSPS) is 18.2. The Balaban J connectivity index is 2.03. The summed E-state index contributed by atoms with van der Waals surface area (Å²) in [6.07, 6.45) is 3.88. The Morgan fingerprint density at radius 2 is 1.95 bits per heavy atom. The molecule has 1 unspecified atom stereocenters. The van der Waals surface area contributed by atoms with Gasteiger partial charge in [0.1, 0.15) is 0 Å². The lowest BCUT2D eigenvalue weighted by Crippen LogP contribution is -2.36. The zero-order valence-electron chi connectivity index (χ0n) is 14.1. The monoisotopic (exact) mass is 305 g/mol. The third-order valence-electron chi connectivity index (χ3n) is 5.03. The van der Waals surface area contributed by atoms with Crippen LogP contribution in [0.25, 0.3) is 0 Å². The van der Waals surface area contributed by atoms with Crippen LogP contribution in [-0.2, 0) is 0 Å². The molecule has 1 N–H and O–H groups in total. The molecule has 1 nitrogen and oxygen atoms in total. The van der Waals surface area contributed by atoms with E-state index >= 15 is 0 Å². The van der Waals surface area contributed by atoms with Crippen LogP contribution in [0.3, 0.4) is 0 Å². The van der Waals surface area contributed by atoms with Crippen molar-refractivity contribution in [1.82, 2.24) is 5.32 Å². The van der Waals surface area contributed by atoms with Crippen molar-refractivity contribution in [1.29, 1.82) is 0 Å². The van der Waals surface area contributed by atoms with Gasteiger partial charge in [0.15, 0.2) is 0 Å². The Kier molecular flexibility index (Phi) is 6.19. The van der Waals surface area contributed by atoms with Crippen LogP contribution in [0.15, 0.2) is 29.2 Å². The van der Waals surface area contributed by atoms with Gasteiger partial charge in [-0.2, -0.15) is 0 Å². The molecule has 0 amide bonds. The van der Waals surface area contributed by atoms with E-state index in [0.29, 0.717) is 5.41 Å². The molecular formula is C19H31NS. The van der Waals surface area contributed by atoms with Crippen molar-refractivity contribution in [3.05, 3.63) is 29.8 Å². The Hall–Kier alpha value is -0.470. The lowest BCUT2D eigenvalue weighted by atomic mass is 9.73. The van der Waals surface area contributed by atoms with Crippen LogP contribution in [0.1, 0.15) is 58.4 Å². The fourth-order valence-corrected chi connectivity index (χ4v) is 4.66. The van der Waals surface area contributed by atoms with Crippen LogP contribution in [0.5, 0.6) is 0 Å². The molecule has 1 aromatic rings. The molecule has 0 saturated carbocycles. The maximum atomic E-state index is 3.72. The number of fused-ring (bicyclic) bond motifs is 1. The molecule has 2 rings (SSSR count). The van der Waals surface area contributed by atoms with Crippen molar-refractivity contribution < 1.29 is 0 Å². The first-order valence-corrected chi connectivity index (χ1v) is 9.51. The van der Waals surface area contributed by atoms with Gasteiger partial charge < -0.3 is 5.32 Å². The van der Waals surface area contributed by atoms with Crippen LogP contribution >= 0.6 is 11.8 Å². The zero-order valence-corrected chi connectivity index (χ0v) is 14.9. The molecule has 1 heterocycles. The summed E-state index contributed by atoms with van der Waals surface area (Å²) in [4.78, 5) is 1.51. The van der Waals surface area contributed by atoms with Crippen molar-refractivity contribution in [2.75, 3.05) is 18.8 Å². The molecule has 0 spiro atoms. The Morgan fingerprint density at radius 3 is 2.62 bits per heavy atom. The lowest BCUT2D eigenvalue weighted by Gasteiger charge is -2.35. The minimum absolute atomic E-state index is 0.456. The zero-order chi connectivity index (χ0) is 15.3. The Labute approximate surface area is 135 Å². The minimum Gasteiger partial charge on any atom is -0.316 e. The fraction of sp³-hybridized carbons (Fsp3) is 0.684. The second kappa shape index (κ2) is 7.69. The molecule has 0 bridgehead atoms. The molecule has 0 saturated heterocycles. The summed E-state index contributed by atoms with van der Waals surface area (Å²) >= 11 is 2.05. The quantitative estimate of drug-likeness (QED) is 0.698. The van der Waals surface area contributed by atoms with Crippen molar-refractivity contribution in [3.8, 4) is 0 Å². The van der Waals surface area contributed by atoms with Gasteiger partial charge in [-0.25, -0.2) is 0 Å². The molecule has 0 aliphatic carbocycles. The van der Waals surface area contributed by atoms with E-state index in [9.17, 15) is 0 Å². The number of hydrogen-bond acceptors (Lipinski definition) is 2. The maximum absolute atomic E-state index is 3.72. The average molecular weight is 306 g/mol. The van der Waals surface area contributed by atoms with Crippen LogP contribution in [0, 0.1) is 11.3 Å². The van der Waals surface area contributed by atoms with Crippen molar-refractivity contribution >= 4 is 11.8 Å². The van der Waals surface area contributed by atoms with E-state index in [-0.39, 0.29) is 0 Å². The van der Waals surface area contributed by atoms with Gasteiger partial charge in [0, 0.05) is 17.2 Å². The van der Waals surface area contributed by atoms with E-state index in [2.05, 4.69) is 57.3 Å². The van der Waals surface area contributed by atoms with Crippen molar-refractivity contribution in [2.24, 2.45) is 11.3 Å². The van der Waals surface area contributed by atoms with E-state index in [4.69, 9.17) is 0 Å². The number of thioether (sulfide) groups is 1. The van der Waals surface area contributed by atoms with Gasteiger partial charge >= 0.3 is 0 Å². The van der Waals surface area contributed by atoms with Gasteiger partial charge in [-0.3, -0.25) is 0 Å². The van der Waals surface area contributed by atoms with Crippen molar-refractivity contribution in [2.45, 2.75) is 57.8 Å². The van der Waals surface area contributed by atoms with Gasteiger partial charge in [-0.05, 0) is 54.7 Å². The fourth-order valence-electron chi connectivity index (χ4n) is 3.41. The molecule has 0 fully saturated rings. The highest BCUT2D eigenvalue weighted by Crippen LogP contribution is 2.46. The SMILES string of the molecule is CCC(CC)(CNCC(C)C)CC1CSc2ccccc21. The number of nitrogens with one attached hydrogen (secondary N) is 1. The highest BCUT2D eigenvalue weighted by atomic mass is 32.2. The molecule has 21 heavy (non-hydrogen) atoms. The van der Waals surface area contributed by atoms with Crippen LogP contribution < -0.4 is 5.32 Å². The molecule has 2 heteroatoms. The summed E-state index contributed by atoms with van der Waals surface area (Å²) in [6, 6.07) is 9.01. The van der Waals surface area contributed by atoms with Gasteiger partial charge in [-0.15, -0.1) is 11.8 Å². The molecule has 1 aliphatic heterocycles.